The van der Waals surface area contributed by atoms with Crippen LogP contribution in [0.5, 0.6) is 0 Å². The minimum atomic E-state index is 0.944. The van der Waals surface area contributed by atoms with Crippen molar-refractivity contribution in [2.24, 2.45) is 0 Å². The molecule has 1 aromatic rings. The largest absolute Gasteiger partial charge is 0.103 e. The van der Waals surface area contributed by atoms with Gasteiger partial charge in [0.05, 0.1) is 0 Å². The molecule has 0 radical (unpaired) electrons. The van der Waals surface area contributed by atoms with Crippen LogP contribution in [0, 0.1) is 3.57 Å². The highest BCUT2D eigenvalue weighted by Crippen LogP contribution is 2.18. The average molecular weight is 284 g/mol. The van der Waals surface area contributed by atoms with Gasteiger partial charge in [-0.05, 0) is 52.6 Å². The fourth-order valence-corrected chi connectivity index (χ4v) is 2.10. The van der Waals surface area contributed by atoms with E-state index in [-0.39, 0.29) is 0 Å². The van der Waals surface area contributed by atoms with Gasteiger partial charge < -0.3 is 0 Å². The number of allylic oxidation sites excluding steroid dienone is 2. The predicted molar refractivity (Wildman–Crippen MR) is 67.0 cm³/mol. The van der Waals surface area contributed by atoms with Crippen LogP contribution in [0.3, 0.4) is 0 Å². The molecule has 0 spiro atoms. The number of hydrogen-bond donors (Lipinski definition) is 0. The summed E-state index contributed by atoms with van der Waals surface area (Å²) in [5.74, 6) is 0. The van der Waals surface area contributed by atoms with E-state index >= 15 is 0 Å². The summed E-state index contributed by atoms with van der Waals surface area (Å²) in [6, 6.07) is 6.38. The zero-order chi connectivity index (χ0) is 9.68. The molecular weight excluding hydrogens is 271 g/mol. The van der Waals surface area contributed by atoms with Gasteiger partial charge in [-0.3, -0.25) is 0 Å². The molecule has 1 rings (SSSR count). The predicted octanol–water partition coefficient (Wildman–Crippen LogP) is 3.75. The molecule has 0 fully saturated rings. The highest BCUT2D eigenvalue weighted by Gasteiger charge is 2.02. The SMILES string of the molecule is C=CCc1cccc(I)c1CC=C. The third kappa shape index (κ3) is 2.69. The van der Waals surface area contributed by atoms with Gasteiger partial charge in [-0.2, -0.15) is 0 Å². The van der Waals surface area contributed by atoms with E-state index in [2.05, 4.69) is 53.9 Å². The summed E-state index contributed by atoms with van der Waals surface area (Å²) >= 11 is 2.37. The molecule has 0 heterocycles. The molecule has 0 saturated heterocycles. The Morgan fingerprint density at radius 2 is 1.85 bits per heavy atom. The lowest BCUT2D eigenvalue weighted by Gasteiger charge is -2.07. The van der Waals surface area contributed by atoms with E-state index in [4.69, 9.17) is 0 Å². The van der Waals surface area contributed by atoms with Crippen molar-refractivity contribution < 1.29 is 0 Å². The number of hydrogen-bond acceptors (Lipinski definition) is 0. The van der Waals surface area contributed by atoms with Crippen molar-refractivity contribution in [3.63, 3.8) is 0 Å². The molecule has 0 N–H and O–H groups in total. The van der Waals surface area contributed by atoms with Crippen LogP contribution >= 0.6 is 22.6 Å². The zero-order valence-corrected chi connectivity index (χ0v) is 9.75. The average Bonchev–Trinajstić information content (AvgIpc) is 2.11. The summed E-state index contributed by atoms with van der Waals surface area (Å²) in [6.45, 7) is 7.53. The maximum Gasteiger partial charge on any atom is 0.0168 e. The second-order valence-electron chi connectivity index (χ2n) is 2.86. The molecule has 0 aliphatic rings. The molecule has 68 valence electrons. The summed E-state index contributed by atoms with van der Waals surface area (Å²) < 4.78 is 1.32. The Kier molecular flexibility index (Phi) is 4.22. The Labute approximate surface area is 93.5 Å². The van der Waals surface area contributed by atoms with Gasteiger partial charge in [0.25, 0.3) is 0 Å². The van der Waals surface area contributed by atoms with Crippen LogP contribution < -0.4 is 0 Å². The van der Waals surface area contributed by atoms with Crippen LogP contribution in [0.2, 0.25) is 0 Å². The van der Waals surface area contributed by atoms with Crippen LogP contribution in [0.4, 0.5) is 0 Å². The Balaban J connectivity index is 3.08. The number of halogens is 1. The fourth-order valence-electron chi connectivity index (χ4n) is 1.32. The molecule has 0 aromatic heterocycles. The third-order valence-electron chi connectivity index (χ3n) is 1.93. The van der Waals surface area contributed by atoms with Crippen LogP contribution in [0.1, 0.15) is 11.1 Å². The van der Waals surface area contributed by atoms with E-state index in [0.717, 1.165) is 12.8 Å². The molecule has 1 aromatic carbocycles. The highest BCUT2D eigenvalue weighted by molar-refractivity contribution is 14.1. The van der Waals surface area contributed by atoms with Crippen molar-refractivity contribution in [3.8, 4) is 0 Å². The van der Waals surface area contributed by atoms with E-state index in [9.17, 15) is 0 Å². The van der Waals surface area contributed by atoms with Crippen LogP contribution in [0.25, 0.3) is 0 Å². The quantitative estimate of drug-likeness (QED) is 0.583. The van der Waals surface area contributed by atoms with Crippen molar-refractivity contribution in [1.82, 2.24) is 0 Å². The second kappa shape index (κ2) is 5.22. The van der Waals surface area contributed by atoms with Gasteiger partial charge in [0.2, 0.25) is 0 Å². The van der Waals surface area contributed by atoms with Gasteiger partial charge >= 0.3 is 0 Å². The monoisotopic (exact) mass is 284 g/mol. The van der Waals surface area contributed by atoms with E-state index in [0.29, 0.717) is 0 Å². The molecule has 0 aliphatic heterocycles. The molecule has 0 atom stereocenters. The molecule has 0 unspecified atom stereocenters. The molecule has 1 heteroatoms. The lowest BCUT2D eigenvalue weighted by Crippen LogP contribution is -1.94. The van der Waals surface area contributed by atoms with Crippen LogP contribution in [-0.4, -0.2) is 0 Å². The maximum atomic E-state index is 3.77. The molecule has 13 heavy (non-hydrogen) atoms. The van der Waals surface area contributed by atoms with Crippen molar-refractivity contribution in [1.29, 1.82) is 0 Å². The van der Waals surface area contributed by atoms with E-state index in [1.54, 1.807) is 0 Å². The first-order chi connectivity index (χ1) is 6.29. The summed E-state index contributed by atoms with van der Waals surface area (Å²) in [6.07, 6.45) is 5.78. The number of rotatable bonds is 4. The summed E-state index contributed by atoms with van der Waals surface area (Å²) in [7, 11) is 0. The lowest BCUT2D eigenvalue weighted by molar-refractivity contribution is 1.14. The third-order valence-corrected chi connectivity index (χ3v) is 2.94. The number of benzene rings is 1. The Morgan fingerprint density at radius 3 is 2.46 bits per heavy atom. The Bertz CT molecular complexity index is 313. The molecule has 0 bridgehead atoms. The zero-order valence-electron chi connectivity index (χ0n) is 7.59. The van der Waals surface area contributed by atoms with Gasteiger partial charge in [0.15, 0.2) is 0 Å². The highest BCUT2D eigenvalue weighted by atomic mass is 127. The first kappa shape index (κ1) is 10.5. The minimum absolute atomic E-state index is 0.944. The van der Waals surface area contributed by atoms with Crippen molar-refractivity contribution in [2.75, 3.05) is 0 Å². The topological polar surface area (TPSA) is 0 Å². The van der Waals surface area contributed by atoms with Crippen molar-refractivity contribution in [3.05, 3.63) is 58.2 Å². The van der Waals surface area contributed by atoms with E-state index in [1.807, 2.05) is 12.2 Å². The second-order valence-corrected chi connectivity index (χ2v) is 4.03. The first-order valence-electron chi connectivity index (χ1n) is 4.27. The van der Waals surface area contributed by atoms with Crippen LogP contribution in [0.15, 0.2) is 43.5 Å². The lowest BCUT2D eigenvalue weighted by atomic mass is 10.0. The normalized spacial score (nSPS) is 9.62. The van der Waals surface area contributed by atoms with E-state index < -0.39 is 0 Å². The molecule has 0 amide bonds. The summed E-state index contributed by atoms with van der Waals surface area (Å²) in [4.78, 5) is 0. The summed E-state index contributed by atoms with van der Waals surface area (Å²) in [5, 5.41) is 0. The maximum absolute atomic E-state index is 3.77. The minimum Gasteiger partial charge on any atom is -0.103 e. The van der Waals surface area contributed by atoms with Crippen molar-refractivity contribution in [2.45, 2.75) is 12.8 Å². The first-order valence-corrected chi connectivity index (χ1v) is 5.35. The van der Waals surface area contributed by atoms with Gasteiger partial charge in [0.1, 0.15) is 0 Å². The Hall–Kier alpha value is -0.570. The van der Waals surface area contributed by atoms with Gasteiger partial charge in [-0.15, -0.1) is 13.2 Å². The molecule has 0 aliphatic carbocycles. The van der Waals surface area contributed by atoms with Gasteiger partial charge in [-0.1, -0.05) is 24.3 Å². The van der Waals surface area contributed by atoms with Crippen LogP contribution in [-0.2, 0) is 12.8 Å². The smallest absolute Gasteiger partial charge is 0.0168 e. The fraction of sp³-hybridized carbons (Fsp3) is 0.167. The summed E-state index contributed by atoms with van der Waals surface area (Å²) in [5.41, 5.74) is 2.75. The Morgan fingerprint density at radius 1 is 1.15 bits per heavy atom. The molecule has 0 nitrogen and oxygen atoms in total. The van der Waals surface area contributed by atoms with Crippen molar-refractivity contribution >= 4 is 22.6 Å². The molecule has 0 saturated carbocycles. The standard InChI is InChI=1S/C12H13I/c1-3-6-10-8-5-9-12(13)11(10)7-4-2/h3-5,8-9H,1-2,6-7H2. The van der Waals surface area contributed by atoms with Gasteiger partial charge in [-0.25, -0.2) is 0 Å². The molecular formula is C12H13I. The van der Waals surface area contributed by atoms with E-state index in [1.165, 1.54) is 14.7 Å². The van der Waals surface area contributed by atoms with Gasteiger partial charge in [0, 0.05) is 3.57 Å².